The largest absolute Gasteiger partial charge is 0.307 e. The smallest absolute Gasteiger partial charge is 0.167 e. The van der Waals surface area contributed by atoms with Crippen molar-refractivity contribution in [3.8, 4) is 0 Å². The Labute approximate surface area is 78.1 Å². The lowest BCUT2D eigenvalue weighted by Crippen LogP contribution is -2.27. The number of aryl methyl sites for hydroxylation is 1. The quantitative estimate of drug-likeness (QED) is 0.718. The molecule has 4 nitrogen and oxygen atoms in total. The van der Waals surface area contributed by atoms with Gasteiger partial charge in [-0.3, -0.25) is 5.10 Å². The molecule has 1 aliphatic rings. The van der Waals surface area contributed by atoms with Crippen LogP contribution < -0.4 is 5.32 Å². The van der Waals surface area contributed by atoms with Gasteiger partial charge in [0.2, 0.25) is 0 Å². The summed E-state index contributed by atoms with van der Waals surface area (Å²) in [5, 5.41) is 10.6. The summed E-state index contributed by atoms with van der Waals surface area (Å²) in [7, 11) is 0. The molecule has 1 aromatic heterocycles. The highest BCUT2D eigenvalue weighted by molar-refractivity contribution is 4.97. The second-order valence-electron chi connectivity index (χ2n) is 3.50. The minimum absolute atomic E-state index is 0.380. The topological polar surface area (TPSA) is 53.6 Å². The Morgan fingerprint density at radius 1 is 1.46 bits per heavy atom. The minimum atomic E-state index is 0.380. The van der Waals surface area contributed by atoms with Crippen LogP contribution in [0.2, 0.25) is 0 Å². The molecule has 0 bridgehead atoms. The van der Waals surface area contributed by atoms with E-state index in [0.717, 1.165) is 24.6 Å². The third-order valence-electron chi connectivity index (χ3n) is 2.51. The molecular weight excluding hydrogens is 164 g/mol. The second kappa shape index (κ2) is 3.87. The maximum absolute atomic E-state index is 4.42. The van der Waals surface area contributed by atoms with Crippen molar-refractivity contribution in [3.05, 3.63) is 11.6 Å². The van der Waals surface area contributed by atoms with Gasteiger partial charge in [-0.15, -0.1) is 0 Å². The fourth-order valence-electron chi connectivity index (χ4n) is 1.70. The molecule has 1 fully saturated rings. The third-order valence-corrected chi connectivity index (χ3v) is 2.51. The Bertz CT molecular complexity index is 262. The molecule has 13 heavy (non-hydrogen) atoms. The van der Waals surface area contributed by atoms with E-state index in [1.807, 2.05) is 0 Å². The number of H-pyrrole nitrogens is 1. The number of hydrogen-bond donors (Lipinski definition) is 2. The molecule has 0 unspecified atom stereocenters. The Morgan fingerprint density at radius 2 is 2.38 bits per heavy atom. The van der Waals surface area contributed by atoms with E-state index in [1.54, 1.807) is 0 Å². The summed E-state index contributed by atoms with van der Waals surface area (Å²) < 4.78 is 0. The molecule has 0 radical (unpaired) electrons. The first-order valence-corrected chi connectivity index (χ1v) is 5.04. The normalized spacial score (nSPS) is 23.3. The van der Waals surface area contributed by atoms with E-state index in [4.69, 9.17) is 0 Å². The molecule has 0 aromatic carbocycles. The maximum Gasteiger partial charge on any atom is 0.167 e. The zero-order valence-corrected chi connectivity index (χ0v) is 8.01. The lowest BCUT2D eigenvalue weighted by molar-refractivity contribution is 0.398. The van der Waals surface area contributed by atoms with Gasteiger partial charge >= 0.3 is 0 Å². The maximum atomic E-state index is 4.42. The standard InChI is InChI=1S/C9H16N4/c1-2-8-11-9(13-12-8)7-5-3-4-6-10-7/h7,10H,2-6H2,1H3,(H,11,12,13)/t7-/m1/s1. The van der Waals surface area contributed by atoms with Crippen LogP contribution in [0.15, 0.2) is 0 Å². The first-order chi connectivity index (χ1) is 6.40. The van der Waals surface area contributed by atoms with Crippen LogP contribution in [0, 0.1) is 0 Å². The molecule has 4 heteroatoms. The Balaban J connectivity index is 2.05. The average molecular weight is 180 g/mol. The molecule has 2 rings (SSSR count). The van der Waals surface area contributed by atoms with E-state index in [1.165, 1.54) is 19.3 Å². The first-order valence-electron chi connectivity index (χ1n) is 5.04. The highest BCUT2D eigenvalue weighted by Crippen LogP contribution is 2.19. The van der Waals surface area contributed by atoms with Crippen LogP contribution in [0.5, 0.6) is 0 Å². The summed E-state index contributed by atoms with van der Waals surface area (Å²) in [6, 6.07) is 0.380. The molecule has 0 amide bonds. The van der Waals surface area contributed by atoms with Crippen LogP contribution in [0.3, 0.4) is 0 Å². The van der Waals surface area contributed by atoms with Crippen LogP contribution >= 0.6 is 0 Å². The van der Waals surface area contributed by atoms with Gasteiger partial charge in [0.15, 0.2) is 5.82 Å². The van der Waals surface area contributed by atoms with Crippen LogP contribution in [0.25, 0.3) is 0 Å². The van der Waals surface area contributed by atoms with Crippen molar-refractivity contribution in [2.24, 2.45) is 0 Å². The SMILES string of the molecule is CCc1nc([C@H]2CCCCN2)n[nH]1. The minimum Gasteiger partial charge on any atom is -0.307 e. The second-order valence-corrected chi connectivity index (χ2v) is 3.50. The molecule has 0 saturated carbocycles. The van der Waals surface area contributed by atoms with Crippen LogP contribution in [-0.4, -0.2) is 21.7 Å². The molecule has 72 valence electrons. The fourth-order valence-corrected chi connectivity index (χ4v) is 1.70. The summed E-state index contributed by atoms with van der Waals surface area (Å²) >= 11 is 0. The highest BCUT2D eigenvalue weighted by Gasteiger charge is 2.18. The van der Waals surface area contributed by atoms with Gasteiger partial charge in [-0.25, -0.2) is 4.98 Å². The lowest BCUT2D eigenvalue weighted by atomic mass is 10.0. The molecule has 0 spiro atoms. The van der Waals surface area contributed by atoms with E-state index < -0.39 is 0 Å². The van der Waals surface area contributed by atoms with Crippen LogP contribution in [-0.2, 0) is 6.42 Å². The van der Waals surface area contributed by atoms with Crippen molar-refractivity contribution in [2.75, 3.05) is 6.54 Å². The molecule has 0 aliphatic carbocycles. The predicted octanol–water partition coefficient (Wildman–Crippen LogP) is 1.18. The average Bonchev–Trinajstić information content (AvgIpc) is 2.67. The number of aromatic amines is 1. The van der Waals surface area contributed by atoms with Gasteiger partial charge in [0.1, 0.15) is 5.82 Å². The number of rotatable bonds is 2. The monoisotopic (exact) mass is 180 g/mol. The molecule has 1 atom stereocenters. The van der Waals surface area contributed by atoms with Gasteiger partial charge in [-0.1, -0.05) is 13.3 Å². The fraction of sp³-hybridized carbons (Fsp3) is 0.778. The molecule has 2 heterocycles. The zero-order chi connectivity index (χ0) is 9.10. The van der Waals surface area contributed by atoms with E-state index in [9.17, 15) is 0 Å². The van der Waals surface area contributed by atoms with E-state index in [0.29, 0.717) is 6.04 Å². The van der Waals surface area contributed by atoms with Crippen molar-refractivity contribution in [1.29, 1.82) is 0 Å². The number of aromatic nitrogens is 3. The van der Waals surface area contributed by atoms with Crippen molar-refractivity contribution in [2.45, 2.75) is 38.6 Å². The molecular formula is C9H16N4. The molecule has 2 N–H and O–H groups in total. The summed E-state index contributed by atoms with van der Waals surface area (Å²) in [4.78, 5) is 4.42. The van der Waals surface area contributed by atoms with Gasteiger partial charge in [0.05, 0.1) is 6.04 Å². The van der Waals surface area contributed by atoms with E-state index in [2.05, 4.69) is 27.4 Å². The number of nitrogens with one attached hydrogen (secondary N) is 2. The Morgan fingerprint density at radius 3 is 3.00 bits per heavy atom. The summed E-state index contributed by atoms with van der Waals surface area (Å²) in [5.74, 6) is 1.93. The third kappa shape index (κ3) is 1.88. The first kappa shape index (κ1) is 8.69. The van der Waals surface area contributed by atoms with Gasteiger partial charge < -0.3 is 5.32 Å². The van der Waals surface area contributed by atoms with Gasteiger partial charge in [0, 0.05) is 6.42 Å². The van der Waals surface area contributed by atoms with E-state index >= 15 is 0 Å². The van der Waals surface area contributed by atoms with Gasteiger partial charge in [-0.2, -0.15) is 5.10 Å². The lowest BCUT2D eigenvalue weighted by Gasteiger charge is -2.20. The molecule has 1 saturated heterocycles. The molecule has 1 aromatic rings. The number of hydrogen-bond acceptors (Lipinski definition) is 3. The Hall–Kier alpha value is -0.900. The van der Waals surface area contributed by atoms with Gasteiger partial charge in [0.25, 0.3) is 0 Å². The molecule has 1 aliphatic heterocycles. The van der Waals surface area contributed by atoms with Gasteiger partial charge in [-0.05, 0) is 19.4 Å². The highest BCUT2D eigenvalue weighted by atomic mass is 15.2. The zero-order valence-electron chi connectivity index (χ0n) is 8.01. The summed E-state index contributed by atoms with van der Waals surface area (Å²) in [5.41, 5.74) is 0. The van der Waals surface area contributed by atoms with Crippen LogP contribution in [0.1, 0.15) is 43.9 Å². The van der Waals surface area contributed by atoms with Crippen molar-refractivity contribution < 1.29 is 0 Å². The predicted molar refractivity (Wildman–Crippen MR) is 50.4 cm³/mol. The summed E-state index contributed by atoms with van der Waals surface area (Å²) in [6.45, 7) is 3.18. The van der Waals surface area contributed by atoms with E-state index in [-0.39, 0.29) is 0 Å². The summed E-state index contributed by atoms with van der Waals surface area (Å²) in [6.07, 6.45) is 4.66. The Kier molecular flexibility index (Phi) is 2.59. The van der Waals surface area contributed by atoms with Crippen LogP contribution in [0.4, 0.5) is 0 Å². The van der Waals surface area contributed by atoms with Crippen molar-refractivity contribution in [3.63, 3.8) is 0 Å². The van der Waals surface area contributed by atoms with Crippen molar-refractivity contribution in [1.82, 2.24) is 20.5 Å². The number of nitrogens with zero attached hydrogens (tertiary/aromatic N) is 2. The van der Waals surface area contributed by atoms with Crippen molar-refractivity contribution >= 4 is 0 Å². The number of piperidine rings is 1.